The molecule has 0 atom stereocenters. The summed E-state index contributed by atoms with van der Waals surface area (Å²) in [6, 6.07) is 9.45. The minimum atomic E-state index is -1.40. The van der Waals surface area contributed by atoms with E-state index in [0.717, 1.165) is 5.56 Å². The van der Waals surface area contributed by atoms with Crippen molar-refractivity contribution >= 4 is 38.8 Å². The molecule has 0 unspecified atom stereocenters. The van der Waals surface area contributed by atoms with Gasteiger partial charge in [0.25, 0.3) is 0 Å². The summed E-state index contributed by atoms with van der Waals surface area (Å²) >= 11 is 0. The summed E-state index contributed by atoms with van der Waals surface area (Å²) in [5.41, 5.74) is -1.48. The normalized spacial score (nSPS) is 25.8. The summed E-state index contributed by atoms with van der Waals surface area (Å²) in [5, 5.41) is 0.314. The zero-order valence-corrected chi connectivity index (χ0v) is 23.2. The number of rotatable bonds is 4. The van der Waals surface area contributed by atoms with Crippen LogP contribution in [0.15, 0.2) is 35.7 Å². The quantitative estimate of drug-likeness (QED) is 0.567. The SMILES string of the molecule is CN1CC(=O)OB(/C(B2OC(C)(C)C(C)(C)O2)=C(/B2OC(C)(C)C(C)(C)O2)c2ccccc2)OC(=O)C1. The molecule has 1 aromatic rings. The second-order valence-corrected chi connectivity index (χ2v) is 11.9. The van der Waals surface area contributed by atoms with Gasteiger partial charge in [-0.3, -0.25) is 14.5 Å². The molecule has 3 aliphatic heterocycles. The average molecular weight is 511 g/mol. The van der Waals surface area contributed by atoms with E-state index < -0.39 is 55.7 Å². The summed E-state index contributed by atoms with van der Waals surface area (Å²) in [7, 11) is -1.65. The maximum Gasteiger partial charge on any atom is 0.627 e. The minimum Gasteiger partial charge on any atom is -0.495 e. The molecule has 4 rings (SSSR count). The van der Waals surface area contributed by atoms with Crippen molar-refractivity contribution in [2.24, 2.45) is 0 Å². The van der Waals surface area contributed by atoms with E-state index in [1.807, 2.05) is 85.7 Å². The van der Waals surface area contributed by atoms with Crippen molar-refractivity contribution in [3.8, 4) is 0 Å². The maximum atomic E-state index is 12.8. The fourth-order valence-corrected chi connectivity index (χ4v) is 4.31. The molecule has 9 nitrogen and oxygen atoms in total. The van der Waals surface area contributed by atoms with Crippen LogP contribution in [0.5, 0.6) is 0 Å². The van der Waals surface area contributed by atoms with Gasteiger partial charge in [-0.05, 0) is 73.5 Å². The van der Waals surface area contributed by atoms with Crippen LogP contribution in [-0.4, -0.2) is 80.7 Å². The van der Waals surface area contributed by atoms with Crippen LogP contribution in [0.4, 0.5) is 0 Å². The zero-order valence-electron chi connectivity index (χ0n) is 23.2. The van der Waals surface area contributed by atoms with Crippen molar-refractivity contribution in [2.75, 3.05) is 20.1 Å². The molecule has 0 bridgehead atoms. The van der Waals surface area contributed by atoms with Gasteiger partial charge >= 0.3 is 33.3 Å². The molecule has 0 aliphatic carbocycles. The van der Waals surface area contributed by atoms with Gasteiger partial charge in [-0.2, -0.15) is 0 Å². The lowest BCUT2D eigenvalue weighted by Gasteiger charge is -2.32. The van der Waals surface area contributed by atoms with Gasteiger partial charge in [0.15, 0.2) is 0 Å². The van der Waals surface area contributed by atoms with Gasteiger partial charge < -0.3 is 27.9 Å². The third-order valence-electron chi connectivity index (χ3n) is 7.92. The Bertz CT molecular complexity index is 1040. The molecule has 1 aromatic carbocycles. The van der Waals surface area contributed by atoms with Crippen LogP contribution >= 0.6 is 0 Å². The molecule has 3 aliphatic rings. The first-order valence-electron chi connectivity index (χ1n) is 12.6. The number of carbonyl (C=O) groups excluding carboxylic acids is 2. The molecule has 0 radical (unpaired) electrons. The molecule has 3 saturated heterocycles. The predicted molar refractivity (Wildman–Crippen MR) is 141 cm³/mol. The van der Waals surface area contributed by atoms with Crippen molar-refractivity contribution in [2.45, 2.75) is 77.8 Å². The summed E-state index contributed by atoms with van der Waals surface area (Å²) in [4.78, 5) is 27.1. The Labute approximate surface area is 220 Å². The number of carbonyl (C=O) groups is 2. The number of hydrogen-bond donors (Lipinski definition) is 0. The lowest BCUT2D eigenvalue weighted by atomic mass is 9.49. The van der Waals surface area contributed by atoms with Crippen LogP contribution in [0, 0.1) is 0 Å². The van der Waals surface area contributed by atoms with Crippen LogP contribution in [0.2, 0.25) is 0 Å². The van der Waals surface area contributed by atoms with E-state index in [0.29, 0.717) is 10.8 Å². The van der Waals surface area contributed by atoms with E-state index in [4.69, 9.17) is 27.9 Å². The van der Waals surface area contributed by atoms with Crippen LogP contribution in [0.3, 0.4) is 0 Å². The molecule has 3 fully saturated rings. The Balaban J connectivity index is 1.94. The number of benzene rings is 1. The van der Waals surface area contributed by atoms with E-state index in [1.165, 1.54) is 4.90 Å². The van der Waals surface area contributed by atoms with E-state index in [1.54, 1.807) is 7.05 Å². The van der Waals surface area contributed by atoms with Crippen molar-refractivity contribution in [1.29, 1.82) is 0 Å². The summed E-state index contributed by atoms with van der Waals surface area (Å²) in [6.45, 7) is 15.4. The monoisotopic (exact) mass is 511 g/mol. The third kappa shape index (κ3) is 5.40. The van der Waals surface area contributed by atoms with Gasteiger partial charge in [-0.1, -0.05) is 30.3 Å². The summed E-state index contributed by atoms with van der Waals surface area (Å²) < 4.78 is 37.3. The Morgan fingerprint density at radius 1 is 0.676 bits per heavy atom. The Kier molecular flexibility index (Phi) is 7.22. The van der Waals surface area contributed by atoms with E-state index >= 15 is 0 Å². The minimum absolute atomic E-state index is 0.0700. The van der Waals surface area contributed by atoms with Crippen LogP contribution < -0.4 is 0 Å². The number of likely N-dealkylation sites (N-methyl/N-ethyl adjacent to an activating group) is 1. The van der Waals surface area contributed by atoms with Crippen LogP contribution in [0.1, 0.15) is 61.0 Å². The van der Waals surface area contributed by atoms with Gasteiger partial charge in [0.05, 0.1) is 35.5 Å². The fourth-order valence-electron chi connectivity index (χ4n) is 4.31. The highest BCUT2D eigenvalue weighted by Crippen LogP contribution is 2.45. The highest BCUT2D eigenvalue weighted by atomic mass is 16.7. The fraction of sp³-hybridized carbons (Fsp3) is 0.600. The van der Waals surface area contributed by atoms with Gasteiger partial charge in [-0.15, -0.1) is 0 Å². The standard InChI is InChI=1S/C25H36B3NO8/c1-22(2)23(3,4)35-26(34-22)20(17-13-11-10-12-14-17)21(28-36-24(5,6)25(7,8)37-28)27-32-18(30)15-29(9)16-19(31)33-27/h10-14H,15-16H2,1-9H3/b21-20-. The highest BCUT2D eigenvalue weighted by Gasteiger charge is 2.60. The third-order valence-corrected chi connectivity index (χ3v) is 7.92. The Morgan fingerprint density at radius 2 is 1.08 bits per heavy atom. The van der Waals surface area contributed by atoms with Crippen LogP contribution in [-0.2, 0) is 37.5 Å². The van der Waals surface area contributed by atoms with E-state index in [2.05, 4.69) is 0 Å². The van der Waals surface area contributed by atoms with Gasteiger partial charge in [-0.25, -0.2) is 0 Å². The lowest BCUT2D eigenvalue weighted by molar-refractivity contribution is -0.145. The zero-order chi connectivity index (χ0) is 27.4. The average Bonchev–Trinajstić information content (AvgIpc) is 3.09. The first-order valence-corrected chi connectivity index (χ1v) is 12.6. The van der Waals surface area contributed by atoms with Gasteiger partial charge in [0.2, 0.25) is 0 Å². The molecule has 12 heteroatoms. The first kappa shape index (κ1) is 27.9. The van der Waals surface area contributed by atoms with E-state index in [-0.39, 0.29) is 13.1 Å². The molecular formula is C25H36B3NO8. The molecule has 0 aromatic heterocycles. The molecule has 198 valence electrons. The first-order chi connectivity index (χ1) is 17.0. The van der Waals surface area contributed by atoms with E-state index in [9.17, 15) is 9.59 Å². The highest BCUT2D eigenvalue weighted by molar-refractivity contribution is 6.87. The van der Waals surface area contributed by atoms with Crippen molar-refractivity contribution < 1.29 is 37.5 Å². The molecule has 0 amide bonds. The second-order valence-electron chi connectivity index (χ2n) is 11.9. The number of hydrogen-bond acceptors (Lipinski definition) is 9. The summed E-state index contributed by atoms with van der Waals surface area (Å²) in [5.74, 6) is -1.09. The van der Waals surface area contributed by atoms with Gasteiger partial charge in [0.1, 0.15) is 0 Å². The van der Waals surface area contributed by atoms with Crippen molar-refractivity contribution in [3.63, 3.8) is 0 Å². The summed E-state index contributed by atoms with van der Waals surface area (Å²) in [6.07, 6.45) is 0. The molecule has 3 heterocycles. The van der Waals surface area contributed by atoms with Gasteiger partial charge in [0, 0.05) is 5.37 Å². The second kappa shape index (κ2) is 9.57. The predicted octanol–water partition coefficient (Wildman–Crippen LogP) is 2.76. The smallest absolute Gasteiger partial charge is 0.495 e. The molecule has 0 saturated carbocycles. The number of nitrogens with zero attached hydrogens (tertiary/aromatic N) is 1. The maximum absolute atomic E-state index is 12.8. The molecule has 37 heavy (non-hydrogen) atoms. The Morgan fingerprint density at radius 3 is 1.51 bits per heavy atom. The van der Waals surface area contributed by atoms with Crippen molar-refractivity contribution in [1.82, 2.24) is 4.90 Å². The molecular weight excluding hydrogens is 475 g/mol. The Hall–Kier alpha value is -2.11. The van der Waals surface area contributed by atoms with Crippen LogP contribution in [0.25, 0.3) is 5.47 Å². The largest absolute Gasteiger partial charge is 0.627 e. The molecule has 0 N–H and O–H groups in total. The topological polar surface area (TPSA) is 92.8 Å². The lowest BCUT2D eigenvalue weighted by Crippen LogP contribution is -2.47. The van der Waals surface area contributed by atoms with Crippen molar-refractivity contribution in [3.05, 3.63) is 41.3 Å². The molecule has 0 spiro atoms.